The van der Waals surface area contributed by atoms with E-state index in [9.17, 15) is 34.2 Å². The first-order chi connectivity index (χ1) is 15.0. The van der Waals surface area contributed by atoms with Gasteiger partial charge in [0.15, 0.2) is 0 Å². The van der Waals surface area contributed by atoms with Crippen molar-refractivity contribution in [1.82, 2.24) is 16.0 Å². The van der Waals surface area contributed by atoms with Gasteiger partial charge in [-0.3, -0.25) is 19.2 Å². The van der Waals surface area contributed by atoms with Crippen molar-refractivity contribution in [2.24, 2.45) is 5.73 Å². The molecule has 32 heavy (non-hydrogen) atoms. The van der Waals surface area contributed by atoms with Crippen LogP contribution in [-0.4, -0.2) is 75.8 Å². The summed E-state index contributed by atoms with van der Waals surface area (Å²) in [5.41, 5.74) is 5.83. The summed E-state index contributed by atoms with van der Waals surface area (Å²) < 4.78 is 0. The van der Waals surface area contributed by atoms with Crippen molar-refractivity contribution in [1.29, 1.82) is 0 Å². The Labute approximate surface area is 184 Å². The Hall–Kier alpha value is -3.51. The van der Waals surface area contributed by atoms with E-state index in [0.29, 0.717) is 5.56 Å². The van der Waals surface area contributed by atoms with Crippen LogP contribution >= 0.6 is 0 Å². The first-order valence-electron chi connectivity index (χ1n) is 9.81. The van der Waals surface area contributed by atoms with Crippen LogP contribution in [0.2, 0.25) is 0 Å². The van der Waals surface area contributed by atoms with Crippen molar-refractivity contribution in [3.8, 4) is 0 Å². The predicted molar refractivity (Wildman–Crippen MR) is 111 cm³/mol. The Morgan fingerprint density at radius 1 is 0.938 bits per heavy atom. The Morgan fingerprint density at radius 2 is 1.53 bits per heavy atom. The van der Waals surface area contributed by atoms with Crippen molar-refractivity contribution in [3.05, 3.63) is 35.9 Å². The molecule has 0 aromatic heterocycles. The number of carboxylic acids is 2. The van der Waals surface area contributed by atoms with Crippen LogP contribution in [0.1, 0.15) is 25.3 Å². The van der Waals surface area contributed by atoms with Crippen LogP contribution in [0.3, 0.4) is 0 Å². The topological polar surface area (TPSA) is 208 Å². The van der Waals surface area contributed by atoms with E-state index in [4.69, 9.17) is 10.8 Å². The maximum absolute atomic E-state index is 12.7. The molecule has 0 saturated heterocycles. The number of hydrogen-bond donors (Lipinski definition) is 7. The molecule has 1 rings (SSSR count). The van der Waals surface area contributed by atoms with Gasteiger partial charge in [-0.05, 0) is 18.9 Å². The van der Waals surface area contributed by atoms with E-state index >= 15 is 0 Å². The van der Waals surface area contributed by atoms with Gasteiger partial charge in [-0.25, -0.2) is 4.79 Å². The van der Waals surface area contributed by atoms with E-state index in [0.717, 1.165) is 0 Å². The minimum atomic E-state index is -1.45. The van der Waals surface area contributed by atoms with Crippen molar-refractivity contribution < 1.29 is 39.3 Å². The number of carbonyl (C=O) groups excluding carboxylic acids is 3. The molecule has 1 aromatic rings. The third-order valence-electron chi connectivity index (χ3n) is 4.44. The molecule has 1 aromatic carbocycles. The highest BCUT2D eigenvalue weighted by atomic mass is 16.4. The summed E-state index contributed by atoms with van der Waals surface area (Å²) >= 11 is 0. The minimum absolute atomic E-state index is 0.0373. The first-order valence-corrected chi connectivity index (χ1v) is 9.81. The number of carboxylic acid groups (broad SMARTS) is 2. The summed E-state index contributed by atoms with van der Waals surface area (Å²) in [4.78, 5) is 59.3. The SMILES string of the molecule is CC(O)C(NC(=O)CN)C(=O)NC(CCC(=O)O)C(=O)NC(Cc1ccccc1)C(=O)O. The molecule has 3 amide bonds. The second-order valence-electron chi connectivity index (χ2n) is 7.07. The number of amides is 3. The van der Waals surface area contributed by atoms with Crippen molar-refractivity contribution in [3.63, 3.8) is 0 Å². The molecule has 4 unspecified atom stereocenters. The second-order valence-corrected chi connectivity index (χ2v) is 7.07. The van der Waals surface area contributed by atoms with Crippen molar-refractivity contribution >= 4 is 29.7 Å². The standard InChI is InChI=1S/C20H28N4O8/c1-11(25)17(24-15(26)10-21)19(30)22-13(7-8-16(27)28)18(29)23-14(20(31)32)9-12-5-3-2-4-6-12/h2-6,11,13-14,17,25H,7-10,21H2,1H3,(H,22,30)(H,23,29)(H,24,26)(H,27,28)(H,31,32). The molecule has 8 N–H and O–H groups in total. The fourth-order valence-corrected chi connectivity index (χ4v) is 2.76. The molecule has 4 atom stereocenters. The van der Waals surface area contributed by atoms with Gasteiger partial charge < -0.3 is 37.0 Å². The highest BCUT2D eigenvalue weighted by Crippen LogP contribution is 2.06. The van der Waals surface area contributed by atoms with Crippen LogP contribution in [-0.2, 0) is 30.4 Å². The summed E-state index contributed by atoms with van der Waals surface area (Å²) in [6, 6.07) is 4.31. The van der Waals surface area contributed by atoms with Gasteiger partial charge in [-0.2, -0.15) is 0 Å². The third-order valence-corrected chi connectivity index (χ3v) is 4.44. The maximum Gasteiger partial charge on any atom is 0.326 e. The molecule has 176 valence electrons. The van der Waals surface area contributed by atoms with Gasteiger partial charge in [0.05, 0.1) is 12.6 Å². The number of aliphatic hydroxyl groups is 1. The average molecular weight is 452 g/mol. The largest absolute Gasteiger partial charge is 0.481 e. The lowest BCUT2D eigenvalue weighted by Gasteiger charge is -2.25. The van der Waals surface area contributed by atoms with E-state index in [1.54, 1.807) is 30.3 Å². The smallest absolute Gasteiger partial charge is 0.326 e. The lowest BCUT2D eigenvalue weighted by atomic mass is 10.0. The number of hydrogen-bond acceptors (Lipinski definition) is 7. The van der Waals surface area contributed by atoms with Crippen LogP contribution in [0.25, 0.3) is 0 Å². The molecular weight excluding hydrogens is 424 g/mol. The van der Waals surface area contributed by atoms with E-state index in [1.807, 2.05) is 0 Å². The number of benzene rings is 1. The number of nitrogens with one attached hydrogen (secondary N) is 3. The predicted octanol–water partition coefficient (Wildman–Crippen LogP) is -2.03. The molecular formula is C20H28N4O8. The highest BCUT2D eigenvalue weighted by Gasteiger charge is 2.31. The van der Waals surface area contributed by atoms with Crippen LogP contribution in [0.5, 0.6) is 0 Å². The number of carbonyl (C=O) groups is 5. The second kappa shape index (κ2) is 13.0. The van der Waals surface area contributed by atoms with Crippen LogP contribution in [0.15, 0.2) is 30.3 Å². The van der Waals surface area contributed by atoms with Crippen molar-refractivity contribution in [2.75, 3.05) is 6.54 Å². The highest BCUT2D eigenvalue weighted by molar-refractivity contribution is 5.94. The van der Waals surface area contributed by atoms with Gasteiger partial charge >= 0.3 is 11.9 Å². The number of rotatable bonds is 13. The van der Waals surface area contributed by atoms with E-state index < -0.39 is 66.9 Å². The van der Waals surface area contributed by atoms with Crippen LogP contribution in [0, 0.1) is 0 Å². The van der Waals surface area contributed by atoms with Gasteiger partial charge in [-0.15, -0.1) is 0 Å². The number of aliphatic hydroxyl groups excluding tert-OH is 1. The average Bonchev–Trinajstić information content (AvgIpc) is 2.74. The van der Waals surface area contributed by atoms with Gasteiger partial charge in [0.1, 0.15) is 18.1 Å². The fourth-order valence-electron chi connectivity index (χ4n) is 2.76. The zero-order valence-corrected chi connectivity index (χ0v) is 17.5. The van der Waals surface area contributed by atoms with Gasteiger partial charge in [-0.1, -0.05) is 30.3 Å². The quantitative estimate of drug-likeness (QED) is 0.176. The molecule has 0 aliphatic carbocycles. The van der Waals surface area contributed by atoms with E-state index in [-0.39, 0.29) is 12.8 Å². The van der Waals surface area contributed by atoms with E-state index in [2.05, 4.69) is 16.0 Å². The summed E-state index contributed by atoms with van der Waals surface area (Å²) in [5, 5.41) is 35.0. The monoisotopic (exact) mass is 452 g/mol. The van der Waals surface area contributed by atoms with Crippen molar-refractivity contribution in [2.45, 2.75) is 50.4 Å². The maximum atomic E-state index is 12.7. The molecule has 12 nitrogen and oxygen atoms in total. The Balaban J connectivity index is 2.98. The molecule has 0 saturated carbocycles. The zero-order valence-electron chi connectivity index (χ0n) is 17.5. The molecule has 0 aliphatic rings. The Kier molecular flexibility index (Phi) is 10.8. The van der Waals surface area contributed by atoms with Gasteiger partial charge in [0.2, 0.25) is 17.7 Å². The molecule has 0 radical (unpaired) electrons. The molecule has 12 heteroatoms. The van der Waals surface area contributed by atoms with Gasteiger partial charge in [0.25, 0.3) is 0 Å². The lowest BCUT2D eigenvalue weighted by Crippen LogP contribution is -2.59. The normalized spacial score (nSPS) is 14.3. The summed E-state index contributed by atoms with van der Waals surface area (Å²) in [6.07, 6.45) is -2.23. The van der Waals surface area contributed by atoms with Crippen LogP contribution in [0.4, 0.5) is 0 Å². The molecule has 0 spiro atoms. The number of aliphatic carboxylic acids is 2. The lowest BCUT2D eigenvalue weighted by molar-refractivity contribution is -0.143. The fraction of sp³-hybridized carbons (Fsp3) is 0.450. The third kappa shape index (κ3) is 9.10. The van der Waals surface area contributed by atoms with E-state index in [1.165, 1.54) is 6.92 Å². The summed E-state index contributed by atoms with van der Waals surface area (Å²) in [5.74, 6) is -5.16. The molecule has 0 heterocycles. The molecule has 0 bridgehead atoms. The minimum Gasteiger partial charge on any atom is -0.481 e. The zero-order chi connectivity index (χ0) is 24.3. The Bertz CT molecular complexity index is 815. The first kappa shape index (κ1) is 26.5. The number of nitrogens with two attached hydrogens (primary N) is 1. The molecule has 0 fully saturated rings. The summed E-state index contributed by atoms with van der Waals surface area (Å²) in [6.45, 7) is 0.785. The molecule has 0 aliphatic heterocycles. The van der Waals surface area contributed by atoms with Crippen LogP contribution < -0.4 is 21.7 Å². The summed E-state index contributed by atoms with van der Waals surface area (Å²) in [7, 11) is 0. The Morgan fingerprint density at radius 3 is 2.03 bits per heavy atom. The van der Waals surface area contributed by atoms with Gasteiger partial charge in [0, 0.05) is 12.8 Å².